The second-order valence-electron chi connectivity index (χ2n) is 5.22. The van der Waals surface area contributed by atoms with E-state index in [9.17, 15) is 4.79 Å². The molecule has 4 nitrogen and oxygen atoms in total. The number of hydrogen-bond acceptors (Lipinski definition) is 3. The van der Waals surface area contributed by atoms with Crippen LogP contribution in [0.3, 0.4) is 0 Å². The number of benzene rings is 1. The van der Waals surface area contributed by atoms with Crippen LogP contribution < -0.4 is 10.6 Å². The van der Waals surface area contributed by atoms with Crippen molar-refractivity contribution in [2.45, 2.75) is 38.3 Å². The fourth-order valence-corrected chi connectivity index (χ4v) is 2.40. The number of amides is 1. The molecule has 1 aliphatic rings. The summed E-state index contributed by atoms with van der Waals surface area (Å²) in [6, 6.07) is 10.2. The van der Waals surface area contributed by atoms with Crippen molar-refractivity contribution in [2.75, 3.05) is 19.7 Å². The van der Waals surface area contributed by atoms with E-state index in [1.807, 2.05) is 18.2 Å². The minimum atomic E-state index is 0. The van der Waals surface area contributed by atoms with Crippen LogP contribution in [-0.4, -0.2) is 31.6 Å². The van der Waals surface area contributed by atoms with Gasteiger partial charge in [0.05, 0.1) is 12.1 Å². The van der Waals surface area contributed by atoms with Gasteiger partial charge in [-0.1, -0.05) is 30.3 Å². The summed E-state index contributed by atoms with van der Waals surface area (Å²) in [6.45, 7) is 4.35. The maximum absolute atomic E-state index is 11.7. The lowest BCUT2D eigenvalue weighted by atomic mass is 10.1. The van der Waals surface area contributed by atoms with E-state index < -0.39 is 0 Å². The van der Waals surface area contributed by atoms with E-state index in [-0.39, 0.29) is 30.5 Å². The summed E-state index contributed by atoms with van der Waals surface area (Å²) in [7, 11) is 0. The molecule has 0 bridgehead atoms. The van der Waals surface area contributed by atoms with Gasteiger partial charge in [0.15, 0.2) is 0 Å². The van der Waals surface area contributed by atoms with Crippen molar-refractivity contribution in [3.05, 3.63) is 35.9 Å². The van der Waals surface area contributed by atoms with Crippen molar-refractivity contribution in [3.63, 3.8) is 0 Å². The normalized spacial score (nSPS) is 18.8. The molecule has 118 valence electrons. The van der Waals surface area contributed by atoms with E-state index >= 15 is 0 Å². The first-order valence-corrected chi connectivity index (χ1v) is 7.45. The molecule has 2 unspecified atom stereocenters. The third-order valence-corrected chi connectivity index (χ3v) is 3.63. The number of ether oxygens (including phenoxy) is 1. The van der Waals surface area contributed by atoms with E-state index in [0.717, 1.165) is 25.8 Å². The molecule has 0 spiro atoms. The zero-order valence-corrected chi connectivity index (χ0v) is 13.3. The van der Waals surface area contributed by atoms with Crippen molar-refractivity contribution in [3.8, 4) is 0 Å². The topological polar surface area (TPSA) is 50.4 Å². The average molecular weight is 313 g/mol. The Kier molecular flexibility index (Phi) is 8.35. The van der Waals surface area contributed by atoms with E-state index in [1.165, 1.54) is 5.56 Å². The number of carbonyl (C=O) groups is 1. The monoisotopic (exact) mass is 312 g/mol. The highest BCUT2D eigenvalue weighted by molar-refractivity contribution is 5.85. The molecule has 0 radical (unpaired) electrons. The Hall–Kier alpha value is -1.10. The smallest absolute Gasteiger partial charge is 0.237 e. The molecule has 1 aromatic carbocycles. The lowest BCUT2D eigenvalue weighted by Gasteiger charge is -2.14. The van der Waals surface area contributed by atoms with Crippen molar-refractivity contribution in [2.24, 2.45) is 0 Å². The van der Waals surface area contributed by atoms with Gasteiger partial charge in [0.2, 0.25) is 5.91 Å². The van der Waals surface area contributed by atoms with Crippen LogP contribution in [0.5, 0.6) is 0 Å². The van der Waals surface area contributed by atoms with Gasteiger partial charge in [0.1, 0.15) is 0 Å². The summed E-state index contributed by atoms with van der Waals surface area (Å²) in [5.74, 6) is 0.124. The molecule has 2 N–H and O–H groups in total. The number of carbonyl (C=O) groups excluding carboxylic acids is 1. The van der Waals surface area contributed by atoms with Gasteiger partial charge in [-0.3, -0.25) is 4.79 Å². The number of hydrogen-bond donors (Lipinski definition) is 2. The molecule has 1 aliphatic heterocycles. The number of nitrogens with one attached hydrogen (secondary N) is 2. The summed E-state index contributed by atoms with van der Waals surface area (Å²) in [5, 5.41) is 6.15. The standard InChI is InChI=1S/C16H24N2O2.ClH/c1-13(14-7-3-2-4-8-14)20-12-6-11-18-16(19)15-9-5-10-17-15;/h2-4,7-8,13,15,17H,5-6,9-12H2,1H3,(H,18,19);1H. The molecule has 0 saturated carbocycles. The maximum atomic E-state index is 11.7. The molecule has 5 heteroatoms. The van der Waals surface area contributed by atoms with Gasteiger partial charge in [-0.25, -0.2) is 0 Å². The van der Waals surface area contributed by atoms with E-state index in [0.29, 0.717) is 13.2 Å². The zero-order valence-electron chi connectivity index (χ0n) is 12.5. The molecule has 1 saturated heterocycles. The van der Waals surface area contributed by atoms with Crippen molar-refractivity contribution in [1.29, 1.82) is 0 Å². The van der Waals surface area contributed by atoms with Crippen molar-refractivity contribution in [1.82, 2.24) is 10.6 Å². The van der Waals surface area contributed by atoms with Gasteiger partial charge >= 0.3 is 0 Å². The highest BCUT2D eigenvalue weighted by atomic mass is 35.5. The molecule has 0 aliphatic carbocycles. The summed E-state index contributed by atoms with van der Waals surface area (Å²) in [4.78, 5) is 11.7. The van der Waals surface area contributed by atoms with E-state index in [1.54, 1.807) is 0 Å². The second-order valence-corrected chi connectivity index (χ2v) is 5.22. The van der Waals surface area contributed by atoms with Crippen molar-refractivity contribution >= 4 is 18.3 Å². The molecule has 1 fully saturated rings. The van der Waals surface area contributed by atoms with E-state index in [4.69, 9.17) is 4.74 Å². The minimum absolute atomic E-state index is 0. The Balaban J connectivity index is 0.00000220. The van der Waals surface area contributed by atoms with Gasteiger partial charge in [-0.2, -0.15) is 0 Å². The Morgan fingerprint density at radius 1 is 1.43 bits per heavy atom. The predicted molar refractivity (Wildman–Crippen MR) is 86.7 cm³/mol. The molecule has 1 aromatic rings. The van der Waals surface area contributed by atoms with Crippen LogP contribution >= 0.6 is 12.4 Å². The third-order valence-electron chi connectivity index (χ3n) is 3.63. The minimum Gasteiger partial charge on any atom is -0.374 e. The molecule has 2 rings (SSSR count). The van der Waals surface area contributed by atoms with Gasteiger partial charge < -0.3 is 15.4 Å². The van der Waals surface area contributed by atoms with Crippen LogP contribution in [0.1, 0.15) is 37.9 Å². The fraction of sp³-hybridized carbons (Fsp3) is 0.562. The highest BCUT2D eigenvalue weighted by Gasteiger charge is 2.21. The average Bonchev–Trinajstić information content (AvgIpc) is 3.01. The molecule has 2 atom stereocenters. The van der Waals surface area contributed by atoms with Crippen LogP contribution in [-0.2, 0) is 9.53 Å². The molecular weight excluding hydrogens is 288 g/mol. The Morgan fingerprint density at radius 3 is 2.86 bits per heavy atom. The van der Waals surface area contributed by atoms with Gasteiger partial charge in [-0.15, -0.1) is 12.4 Å². The Morgan fingerprint density at radius 2 is 2.19 bits per heavy atom. The summed E-state index contributed by atoms with van der Waals surface area (Å²) < 4.78 is 5.77. The van der Waals surface area contributed by atoms with Crippen LogP contribution in [0.25, 0.3) is 0 Å². The Labute approximate surface area is 133 Å². The molecule has 1 amide bonds. The summed E-state index contributed by atoms with van der Waals surface area (Å²) in [6.07, 6.45) is 2.99. The third kappa shape index (κ3) is 6.04. The second kappa shape index (κ2) is 9.77. The van der Waals surface area contributed by atoms with E-state index in [2.05, 4.69) is 29.7 Å². The first-order chi connectivity index (χ1) is 9.77. The highest BCUT2D eigenvalue weighted by Crippen LogP contribution is 2.15. The van der Waals surface area contributed by atoms with Crippen LogP contribution in [0.15, 0.2) is 30.3 Å². The first-order valence-electron chi connectivity index (χ1n) is 7.45. The number of halogens is 1. The van der Waals surface area contributed by atoms with Crippen LogP contribution in [0.4, 0.5) is 0 Å². The van der Waals surface area contributed by atoms with Crippen LogP contribution in [0.2, 0.25) is 0 Å². The SMILES string of the molecule is CC(OCCCNC(=O)C1CCCN1)c1ccccc1.Cl. The van der Waals surface area contributed by atoms with Gasteiger partial charge in [-0.05, 0) is 38.3 Å². The number of rotatable bonds is 7. The lowest BCUT2D eigenvalue weighted by molar-refractivity contribution is -0.122. The van der Waals surface area contributed by atoms with Crippen molar-refractivity contribution < 1.29 is 9.53 Å². The molecule has 21 heavy (non-hydrogen) atoms. The Bertz CT molecular complexity index is 408. The quantitative estimate of drug-likeness (QED) is 0.760. The zero-order chi connectivity index (χ0) is 14.2. The predicted octanol–water partition coefficient (Wildman–Crippen LogP) is 2.44. The largest absolute Gasteiger partial charge is 0.374 e. The maximum Gasteiger partial charge on any atom is 0.237 e. The molecular formula is C16H25ClN2O2. The summed E-state index contributed by atoms with van der Waals surface area (Å²) in [5.41, 5.74) is 1.19. The fourth-order valence-electron chi connectivity index (χ4n) is 2.40. The van der Waals surface area contributed by atoms with Gasteiger partial charge in [0, 0.05) is 13.2 Å². The first kappa shape index (κ1) is 18.0. The summed E-state index contributed by atoms with van der Waals surface area (Å²) >= 11 is 0. The lowest BCUT2D eigenvalue weighted by Crippen LogP contribution is -2.40. The molecule has 0 aromatic heterocycles. The van der Waals surface area contributed by atoms with Crippen LogP contribution in [0, 0.1) is 0 Å². The van der Waals surface area contributed by atoms with Gasteiger partial charge in [0.25, 0.3) is 0 Å². The molecule has 1 heterocycles.